The van der Waals surface area contributed by atoms with Crippen LogP contribution in [-0.4, -0.2) is 10.2 Å². The van der Waals surface area contributed by atoms with Crippen LogP contribution in [0.15, 0.2) is 97.2 Å². The zero-order valence-electron chi connectivity index (χ0n) is 13.8. The largest absolute Gasteiger partial charge is 0.335 e. The van der Waals surface area contributed by atoms with E-state index in [-0.39, 0.29) is 0 Å². The molecule has 3 heteroatoms. The first kappa shape index (κ1) is 15.2. The van der Waals surface area contributed by atoms with Gasteiger partial charge >= 0.3 is 0 Å². The fraction of sp³-hybridized carbons (Fsp3) is 0.0455. The molecule has 0 saturated heterocycles. The minimum atomic E-state index is 0.730. The SMILES string of the molecule is c1ccc(-c2ccccc2N(Cc2ccn[nH]2)c2ccccc2)cc1. The molecule has 0 atom stereocenters. The Bertz CT molecular complexity index is 916. The van der Waals surface area contributed by atoms with E-state index in [1.165, 1.54) is 16.8 Å². The van der Waals surface area contributed by atoms with Crippen molar-refractivity contribution in [2.75, 3.05) is 4.90 Å². The molecule has 1 aromatic heterocycles. The van der Waals surface area contributed by atoms with Gasteiger partial charge in [-0.05, 0) is 29.8 Å². The van der Waals surface area contributed by atoms with Gasteiger partial charge in [0.05, 0.1) is 12.2 Å². The van der Waals surface area contributed by atoms with E-state index in [0.29, 0.717) is 0 Å². The molecular weight excluding hydrogens is 306 g/mol. The lowest BCUT2D eigenvalue weighted by molar-refractivity contribution is 0.904. The maximum Gasteiger partial charge on any atom is 0.0648 e. The predicted molar refractivity (Wildman–Crippen MR) is 103 cm³/mol. The van der Waals surface area contributed by atoms with Crippen LogP contribution >= 0.6 is 0 Å². The van der Waals surface area contributed by atoms with Gasteiger partial charge < -0.3 is 4.90 Å². The number of aromatic nitrogens is 2. The van der Waals surface area contributed by atoms with Crippen molar-refractivity contribution in [3.63, 3.8) is 0 Å². The maximum atomic E-state index is 4.09. The number of nitrogens with zero attached hydrogens (tertiary/aromatic N) is 2. The molecule has 1 heterocycles. The molecule has 0 fully saturated rings. The topological polar surface area (TPSA) is 31.9 Å². The van der Waals surface area contributed by atoms with E-state index in [4.69, 9.17) is 0 Å². The molecule has 0 aliphatic heterocycles. The van der Waals surface area contributed by atoms with Crippen molar-refractivity contribution in [2.24, 2.45) is 0 Å². The number of nitrogens with one attached hydrogen (secondary N) is 1. The molecule has 0 radical (unpaired) electrons. The molecule has 122 valence electrons. The molecule has 0 saturated carbocycles. The molecule has 3 aromatic carbocycles. The third kappa shape index (κ3) is 3.31. The molecule has 25 heavy (non-hydrogen) atoms. The Morgan fingerprint density at radius 3 is 2.12 bits per heavy atom. The van der Waals surface area contributed by atoms with E-state index in [9.17, 15) is 0 Å². The smallest absolute Gasteiger partial charge is 0.0648 e. The minimum Gasteiger partial charge on any atom is -0.335 e. The maximum absolute atomic E-state index is 4.09. The molecule has 4 aromatic rings. The normalized spacial score (nSPS) is 10.6. The Morgan fingerprint density at radius 1 is 0.720 bits per heavy atom. The summed E-state index contributed by atoms with van der Waals surface area (Å²) in [6, 6.07) is 31.5. The minimum absolute atomic E-state index is 0.730. The van der Waals surface area contributed by atoms with Crippen LogP contribution in [0, 0.1) is 0 Å². The fourth-order valence-corrected chi connectivity index (χ4v) is 3.04. The first-order valence-electron chi connectivity index (χ1n) is 8.37. The second kappa shape index (κ2) is 7.05. The van der Waals surface area contributed by atoms with Gasteiger partial charge in [-0.1, -0.05) is 66.7 Å². The van der Waals surface area contributed by atoms with Gasteiger partial charge in [-0.25, -0.2) is 0 Å². The van der Waals surface area contributed by atoms with Crippen LogP contribution in [0.25, 0.3) is 11.1 Å². The number of aromatic amines is 1. The van der Waals surface area contributed by atoms with Crippen LogP contribution in [-0.2, 0) is 6.54 Å². The van der Waals surface area contributed by atoms with E-state index < -0.39 is 0 Å². The Morgan fingerprint density at radius 2 is 1.40 bits per heavy atom. The first-order chi connectivity index (χ1) is 12.4. The number of hydrogen-bond donors (Lipinski definition) is 1. The predicted octanol–water partition coefficient (Wildman–Crippen LogP) is 5.42. The van der Waals surface area contributed by atoms with Gasteiger partial charge in [0.2, 0.25) is 0 Å². The number of hydrogen-bond acceptors (Lipinski definition) is 2. The zero-order valence-corrected chi connectivity index (χ0v) is 13.8. The van der Waals surface area contributed by atoms with Crippen LogP contribution in [0.5, 0.6) is 0 Å². The lowest BCUT2D eigenvalue weighted by atomic mass is 10.0. The highest BCUT2D eigenvalue weighted by Crippen LogP contribution is 2.35. The second-order valence-corrected chi connectivity index (χ2v) is 5.89. The molecule has 3 nitrogen and oxygen atoms in total. The van der Waals surface area contributed by atoms with Crippen molar-refractivity contribution in [3.05, 3.63) is 103 Å². The van der Waals surface area contributed by atoms with Gasteiger partial charge in [0.15, 0.2) is 0 Å². The van der Waals surface area contributed by atoms with E-state index >= 15 is 0 Å². The molecular formula is C22H19N3. The van der Waals surface area contributed by atoms with Crippen LogP contribution in [0.4, 0.5) is 11.4 Å². The van der Waals surface area contributed by atoms with Crippen molar-refractivity contribution in [1.82, 2.24) is 10.2 Å². The summed E-state index contributed by atoms with van der Waals surface area (Å²) in [6.07, 6.45) is 1.79. The third-order valence-corrected chi connectivity index (χ3v) is 4.23. The molecule has 1 N–H and O–H groups in total. The Hall–Kier alpha value is -3.33. The van der Waals surface area contributed by atoms with Crippen molar-refractivity contribution in [3.8, 4) is 11.1 Å². The fourth-order valence-electron chi connectivity index (χ4n) is 3.04. The standard InChI is InChI=1S/C22H19N3/c1-3-9-18(10-4-1)21-13-7-8-14-22(21)25(17-19-15-16-23-24-19)20-11-5-2-6-12-20/h1-16H,17H2,(H,23,24). The van der Waals surface area contributed by atoms with Crippen molar-refractivity contribution in [2.45, 2.75) is 6.54 Å². The number of benzene rings is 3. The van der Waals surface area contributed by atoms with Crippen LogP contribution < -0.4 is 4.90 Å². The average molecular weight is 325 g/mol. The Labute approximate surface area is 147 Å². The van der Waals surface area contributed by atoms with Crippen LogP contribution in [0.2, 0.25) is 0 Å². The van der Waals surface area contributed by atoms with Crippen molar-refractivity contribution >= 4 is 11.4 Å². The first-order valence-corrected chi connectivity index (χ1v) is 8.37. The Kier molecular flexibility index (Phi) is 4.29. The average Bonchev–Trinajstić information content (AvgIpc) is 3.21. The summed E-state index contributed by atoms with van der Waals surface area (Å²) >= 11 is 0. The number of H-pyrrole nitrogens is 1. The number of rotatable bonds is 5. The van der Waals surface area contributed by atoms with E-state index in [2.05, 4.69) is 87.9 Å². The van der Waals surface area contributed by atoms with E-state index in [0.717, 1.165) is 17.9 Å². The van der Waals surface area contributed by atoms with Gasteiger partial charge in [0, 0.05) is 23.1 Å². The van der Waals surface area contributed by atoms with Crippen LogP contribution in [0.3, 0.4) is 0 Å². The molecule has 0 aliphatic carbocycles. The highest BCUT2D eigenvalue weighted by Gasteiger charge is 2.15. The summed E-state index contributed by atoms with van der Waals surface area (Å²) in [5, 5.41) is 7.17. The highest BCUT2D eigenvalue weighted by molar-refractivity contribution is 5.82. The Balaban J connectivity index is 1.83. The molecule has 0 unspecified atom stereocenters. The van der Waals surface area contributed by atoms with Gasteiger partial charge in [0.1, 0.15) is 0 Å². The summed E-state index contributed by atoms with van der Waals surface area (Å²) in [5.74, 6) is 0. The monoisotopic (exact) mass is 325 g/mol. The van der Waals surface area contributed by atoms with E-state index in [1.54, 1.807) is 6.20 Å². The molecule has 4 rings (SSSR count). The zero-order chi connectivity index (χ0) is 16.9. The van der Waals surface area contributed by atoms with Gasteiger partial charge in [-0.3, -0.25) is 5.10 Å². The quantitative estimate of drug-likeness (QED) is 0.531. The molecule has 0 spiro atoms. The lowest BCUT2D eigenvalue weighted by Crippen LogP contribution is -2.17. The number of para-hydroxylation sites is 2. The molecule has 0 amide bonds. The highest BCUT2D eigenvalue weighted by atomic mass is 15.2. The summed E-state index contributed by atoms with van der Waals surface area (Å²) in [7, 11) is 0. The summed E-state index contributed by atoms with van der Waals surface area (Å²) in [6.45, 7) is 0.730. The third-order valence-electron chi connectivity index (χ3n) is 4.23. The van der Waals surface area contributed by atoms with E-state index in [1.807, 2.05) is 18.2 Å². The van der Waals surface area contributed by atoms with Crippen molar-refractivity contribution < 1.29 is 0 Å². The summed E-state index contributed by atoms with van der Waals surface area (Å²) in [4.78, 5) is 2.32. The number of anilines is 2. The summed E-state index contributed by atoms with van der Waals surface area (Å²) in [5.41, 5.74) is 5.83. The van der Waals surface area contributed by atoms with Gasteiger partial charge in [-0.15, -0.1) is 0 Å². The van der Waals surface area contributed by atoms with Gasteiger partial charge in [0.25, 0.3) is 0 Å². The van der Waals surface area contributed by atoms with Crippen molar-refractivity contribution in [1.29, 1.82) is 0 Å². The molecule has 0 bridgehead atoms. The van der Waals surface area contributed by atoms with Crippen LogP contribution in [0.1, 0.15) is 5.69 Å². The summed E-state index contributed by atoms with van der Waals surface area (Å²) < 4.78 is 0. The second-order valence-electron chi connectivity index (χ2n) is 5.89. The van der Waals surface area contributed by atoms with Gasteiger partial charge in [-0.2, -0.15) is 5.10 Å². The molecule has 0 aliphatic rings. The lowest BCUT2D eigenvalue weighted by Gasteiger charge is -2.27.